The molecule has 0 radical (unpaired) electrons. The van der Waals surface area contributed by atoms with Crippen molar-refractivity contribution in [3.8, 4) is 0 Å². The van der Waals surface area contributed by atoms with Gasteiger partial charge in [-0.1, -0.05) is 12.8 Å². The fourth-order valence-corrected chi connectivity index (χ4v) is 2.75. The predicted octanol–water partition coefficient (Wildman–Crippen LogP) is 1.86. The number of morpholine rings is 1. The molecular formula is C13H23NO2. The highest BCUT2D eigenvalue weighted by Gasteiger charge is 2.22. The average molecular weight is 225 g/mol. The lowest BCUT2D eigenvalue weighted by molar-refractivity contribution is -0.122. The van der Waals surface area contributed by atoms with Crippen LogP contribution in [0.3, 0.4) is 0 Å². The summed E-state index contributed by atoms with van der Waals surface area (Å²) in [7, 11) is 0. The van der Waals surface area contributed by atoms with E-state index in [-0.39, 0.29) is 0 Å². The molecule has 1 aliphatic heterocycles. The fourth-order valence-electron chi connectivity index (χ4n) is 2.75. The normalized spacial score (nSPS) is 23.8. The van der Waals surface area contributed by atoms with Gasteiger partial charge in [0.2, 0.25) is 0 Å². The topological polar surface area (TPSA) is 29.5 Å². The van der Waals surface area contributed by atoms with E-state index in [0.29, 0.717) is 11.7 Å². The van der Waals surface area contributed by atoms with Crippen LogP contribution in [0.2, 0.25) is 0 Å². The monoisotopic (exact) mass is 225 g/mol. The minimum Gasteiger partial charge on any atom is -0.379 e. The summed E-state index contributed by atoms with van der Waals surface area (Å²) in [5.41, 5.74) is 0. The number of hydrogen-bond donors (Lipinski definition) is 0. The third kappa shape index (κ3) is 3.56. The Kier molecular flexibility index (Phi) is 4.79. The first-order valence-electron chi connectivity index (χ1n) is 6.69. The van der Waals surface area contributed by atoms with E-state index < -0.39 is 0 Å². The van der Waals surface area contributed by atoms with Crippen LogP contribution in [0.4, 0.5) is 0 Å². The van der Waals surface area contributed by atoms with Crippen LogP contribution in [-0.4, -0.2) is 43.5 Å². The molecule has 0 amide bonds. The van der Waals surface area contributed by atoms with Gasteiger partial charge in [0.15, 0.2) is 0 Å². The summed E-state index contributed by atoms with van der Waals surface area (Å²) < 4.78 is 5.30. The van der Waals surface area contributed by atoms with Crippen LogP contribution in [0.25, 0.3) is 0 Å². The third-order valence-electron chi connectivity index (χ3n) is 3.81. The number of carbonyl (C=O) groups is 1. The van der Waals surface area contributed by atoms with Gasteiger partial charge >= 0.3 is 0 Å². The van der Waals surface area contributed by atoms with Crippen molar-refractivity contribution in [2.24, 2.45) is 5.92 Å². The zero-order valence-electron chi connectivity index (χ0n) is 10.1. The van der Waals surface area contributed by atoms with E-state index in [9.17, 15) is 4.79 Å². The standard InChI is InChI=1S/C13H23NO2/c15-13(12-4-1-2-5-12)6-3-7-14-8-10-16-11-9-14/h12H,1-11H2. The number of ketones is 1. The molecule has 0 aromatic carbocycles. The lowest BCUT2D eigenvalue weighted by Crippen LogP contribution is -2.37. The van der Waals surface area contributed by atoms with Crippen LogP contribution in [-0.2, 0) is 9.53 Å². The molecule has 92 valence electrons. The van der Waals surface area contributed by atoms with Crippen molar-refractivity contribution in [3.63, 3.8) is 0 Å². The van der Waals surface area contributed by atoms with Gasteiger partial charge in [-0.2, -0.15) is 0 Å². The highest BCUT2D eigenvalue weighted by molar-refractivity contribution is 5.81. The molecule has 0 bridgehead atoms. The Morgan fingerprint density at radius 1 is 1.19 bits per heavy atom. The van der Waals surface area contributed by atoms with Gasteiger partial charge < -0.3 is 4.74 Å². The van der Waals surface area contributed by atoms with Crippen LogP contribution in [0.15, 0.2) is 0 Å². The molecule has 0 spiro atoms. The Hall–Kier alpha value is -0.410. The average Bonchev–Trinajstić information content (AvgIpc) is 2.84. The summed E-state index contributed by atoms with van der Waals surface area (Å²) in [6.45, 7) is 4.87. The Labute approximate surface area is 98.1 Å². The lowest BCUT2D eigenvalue weighted by atomic mass is 9.99. The molecule has 0 aromatic rings. The zero-order chi connectivity index (χ0) is 11.2. The molecule has 0 N–H and O–H groups in total. The second-order valence-corrected chi connectivity index (χ2v) is 5.01. The Morgan fingerprint density at radius 3 is 2.56 bits per heavy atom. The minimum atomic E-state index is 0.407. The Balaban J connectivity index is 1.57. The van der Waals surface area contributed by atoms with Gasteiger partial charge in [0, 0.05) is 25.4 Å². The van der Waals surface area contributed by atoms with Crippen LogP contribution >= 0.6 is 0 Å². The Bertz CT molecular complexity index is 218. The van der Waals surface area contributed by atoms with Crippen LogP contribution in [0.5, 0.6) is 0 Å². The van der Waals surface area contributed by atoms with Gasteiger partial charge in [0.05, 0.1) is 13.2 Å². The SMILES string of the molecule is O=C(CCCN1CCOCC1)C1CCCC1. The maximum atomic E-state index is 11.8. The van der Waals surface area contributed by atoms with E-state index in [0.717, 1.165) is 58.5 Å². The van der Waals surface area contributed by atoms with Crippen molar-refractivity contribution in [2.45, 2.75) is 38.5 Å². The van der Waals surface area contributed by atoms with Gasteiger partial charge in [-0.05, 0) is 25.8 Å². The maximum Gasteiger partial charge on any atom is 0.136 e. The molecule has 0 aromatic heterocycles. The summed E-state index contributed by atoms with van der Waals surface area (Å²) in [6, 6.07) is 0. The van der Waals surface area contributed by atoms with Gasteiger partial charge in [-0.15, -0.1) is 0 Å². The largest absolute Gasteiger partial charge is 0.379 e. The maximum absolute atomic E-state index is 11.8. The van der Waals surface area contributed by atoms with Crippen LogP contribution in [0, 0.1) is 5.92 Å². The number of hydrogen-bond acceptors (Lipinski definition) is 3. The number of ether oxygens (including phenoxy) is 1. The zero-order valence-corrected chi connectivity index (χ0v) is 10.1. The first kappa shape index (κ1) is 12.1. The van der Waals surface area contributed by atoms with Crippen LogP contribution in [0.1, 0.15) is 38.5 Å². The number of carbonyl (C=O) groups excluding carboxylic acids is 1. The summed E-state index contributed by atoms with van der Waals surface area (Å²) in [5.74, 6) is 0.926. The molecule has 3 nitrogen and oxygen atoms in total. The molecule has 16 heavy (non-hydrogen) atoms. The lowest BCUT2D eigenvalue weighted by Gasteiger charge is -2.26. The molecule has 1 saturated heterocycles. The quantitative estimate of drug-likeness (QED) is 0.715. The summed E-state index contributed by atoms with van der Waals surface area (Å²) in [6.07, 6.45) is 6.66. The molecular weight excluding hydrogens is 202 g/mol. The second-order valence-electron chi connectivity index (χ2n) is 5.01. The predicted molar refractivity (Wildman–Crippen MR) is 63.5 cm³/mol. The van der Waals surface area contributed by atoms with Crippen molar-refractivity contribution in [2.75, 3.05) is 32.8 Å². The van der Waals surface area contributed by atoms with E-state index in [1.807, 2.05) is 0 Å². The van der Waals surface area contributed by atoms with Crippen molar-refractivity contribution in [1.82, 2.24) is 4.90 Å². The molecule has 1 saturated carbocycles. The fraction of sp³-hybridized carbons (Fsp3) is 0.923. The first-order valence-corrected chi connectivity index (χ1v) is 6.69. The molecule has 2 fully saturated rings. The third-order valence-corrected chi connectivity index (χ3v) is 3.81. The summed E-state index contributed by atoms with van der Waals surface area (Å²) in [5, 5.41) is 0. The van der Waals surface area contributed by atoms with E-state index in [1.54, 1.807) is 0 Å². The molecule has 2 rings (SSSR count). The van der Waals surface area contributed by atoms with Crippen molar-refractivity contribution >= 4 is 5.78 Å². The number of Topliss-reactive ketones (excluding diaryl/α,β-unsaturated/α-hetero) is 1. The summed E-state index contributed by atoms with van der Waals surface area (Å²) >= 11 is 0. The first-order chi connectivity index (χ1) is 7.86. The molecule has 0 atom stereocenters. The van der Waals surface area contributed by atoms with Gasteiger partial charge in [-0.25, -0.2) is 0 Å². The molecule has 0 unspecified atom stereocenters. The van der Waals surface area contributed by atoms with Gasteiger partial charge in [0.25, 0.3) is 0 Å². The van der Waals surface area contributed by atoms with Crippen molar-refractivity contribution in [1.29, 1.82) is 0 Å². The van der Waals surface area contributed by atoms with E-state index in [1.165, 1.54) is 12.8 Å². The van der Waals surface area contributed by atoms with Crippen molar-refractivity contribution in [3.05, 3.63) is 0 Å². The van der Waals surface area contributed by atoms with E-state index in [2.05, 4.69) is 4.90 Å². The highest BCUT2D eigenvalue weighted by atomic mass is 16.5. The van der Waals surface area contributed by atoms with Gasteiger partial charge in [-0.3, -0.25) is 9.69 Å². The van der Waals surface area contributed by atoms with Crippen molar-refractivity contribution < 1.29 is 9.53 Å². The smallest absolute Gasteiger partial charge is 0.136 e. The molecule has 2 aliphatic rings. The van der Waals surface area contributed by atoms with E-state index in [4.69, 9.17) is 4.74 Å². The highest BCUT2D eigenvalue weighted by Crippen LogP contribution is 2.26. The molecule has 1 aliphatic carbocycles. The van der Waals surface area contributed by atoms with Gasteiger partial charge in [0.1, 0.15) is 5.78 Å². The molecule has 3 heteroatoms. The van der Waals surface area contributed by atoms with Crippen LogP contribution < -0.4 is 0 Å². The van der Waals surface area contributed by atoms with E-state index >= 15 is 0 Å². The molecule has 1 heterocycles. The minimum absolute atomic E-state index is 0.407. The second kappa shape index (κ2) is 6.36. The number of rotatable bonds is 5. The number of nitrogens with zero attached hydrogens (tertiary/aromatic N) is 1. The summed E-state index contributed by atoms with van der Waals surface area (Å²) in [4.78, 5) is 14.3. The Morgan fingerprint density at radius 2 is 1.88 bits per heavy atom.